The zero-order valence-corrected chi connectivity index (χ0v) is 8.49. The summed E-state index contributed by atoms with van der Waals surface area (Å²) in [6.07, 6.45) is 0.103. The van der Waals surface area contributed by atoms with Crippen LogP contribution in [0.2, 0.25) is 0 Å². The van der Waals surface area contributed by atoms with Crippen molar-refractivity contribution in [3.05, 3.63) is 0 Å². The molecule has 6 heteroatoms. The first-order valence-corrected chi connectivity index (χ1v) is 6.43. The van der Waals surface area contributed by atoms with Crippen molar-refractivity contribution in [1.82, 2.24) is 0 Å². The second kappa shape index (κ2) is 2.66. The maximum absolute atomic E-state index is 13.1. The maximum Gasteiger partial charge on any atom is 0.256 e. The topological polar surface area (TPSA) is 60.2 Å². The molecular weight excluding hydrogens is 212 g/mol. The molecule has 1 aliphatic carbocycles. The van der Waals surface area contributed by atoms with E-state index in [4.69, 9.17) is 5.73 Å². The van der Waals surface area contributed by atoms with E-state index in [9.17, 15) is 17.2 Å². The van der Waals surface area contributed by atoms with Crippen LogP contribution in [0.15, 0.2) is 0 Å². The van der Waals surface area contributed by atoms with Gasteiger partial charge in [0.15, 0.2) is 9.84 Å². The molecule has 0 aromatic heterocycles. The predicted octanol–water partition coefficient (Wildman–Crippen LogP) is 0.405. The van der Waals surface area contributed by atoms with Crippen LogP contribution in [0.4, 0.5) is 8.78 Å². The zero-order chi connectivity index (χ0) is 10.6. The fraction of sp³-hybridized carbons (Fsp3) is 1.00. The van der Waals surface area contributed by atoms with E-state index in [1.807, 2.05) is 0 Å². The molecule has 0 spiro atoms. The van der Waals surface area contributed by atoms with Crippen LogP contribution in [0.5, 0.6) is 0 Å². The van der Waals surface area contributed by atoms with Crippen molar-refractivity contribution in [3.8, 4) is 0 Å². The van der Waals surface area contributed by atoms with Gasteiger partial charge in [-0.15, -0.1) is 0 Å². The third kappa shape index (κ3) is 1.27. The lowest BCUT2D eigenvalue weighted by Gasteiger charge is -2.19. The molecular formula is C8H13F2NO2S. The van der Waals surface area contributed by atoms with Crippen molar-refractivity contribution >= 4 is 9.84 Å². The fourth-order valence-corrected chi connectivity index (χ4v) is 4.32. The molecule has 0 amide bonds. The van der Waals surface area contributed by atoms with Crippen LogP contribution in [-0.2, 0) is 9.84 Å². The molecule has 3 nitrogen and oxygen atoms in total. The van der Waals surface area contributed by atoms with Crippen LogP contribution in [0.25, 0.3) is 0 Å². The van der Waals surface area contributed by atoms with E-state index in [0.29, 0.717) is 6.42 Å². The van der Waals surface area contributed by atoms with Gasteiger partial charge in [0.2, 0.25) is 0 Å². The Morgan fingerprint density at radius 3 is 2.29 bits per heavy atom. The van der Waals surface area contributed by atoms with E-state index in [0.717, 1.165) is 0 Å². The molecule has 1 saturated heterocycles. The van der Waals surface area contributed by atoms with Gasteiger partial charge in [-0.2, -0.15) is 0 Å². The highest BCUT2D eigenvalue weighted by Crippen LogP contribution is 2.65. The van der Waals surface area contributed by atoms with E-state index in [1.54, 1.807) is 0 Å². The first-order chi connectivity index (χ1) is 6.33. The number of hydrogen-bond acceptors (Lipinski definition) is 3. The number of alkyl halides is 2. The number of nitrogens with two attached hydrogens (primary N) is 1. The molecule has 0 radical (unpaired) electrons. The highest BCUT2D eigenvalue weighted by Gasteiger charge is 2.74. The van der Waals surface area contributed by atoms with Crippen molar-refractivity contribution in [2.75, 3.05) is 18.1 Å². The number of halogens is 2. The summed E-state index contributed by atoms with van der Waals surface area (Å²) in [7, 11) is -3.09. The highest BCUT2D eigenvalue weighted by molar-refractivity contribution is 7.91. The zero-order valence-electron chi connectivity index (χ0n) is 7.67. The minimum absolute atomic E-state index is 0.0372. The Balaban J connectivity index is 2.18. The van der Waals surface area contributed by atoms with Crippen LogP contribution in [-0.4, -0.2) is 32.4 Å². The van der Waals surface area contributed by atoms with E-state index in [1.165, 1.54) is 0 Å². The lowest BCUT2D eigenvalue weighted by molar-refractivity contribution is 0.0465. The van der Waals surface area contributed by atoms with Gasteiger partial charge in [-0.05, 0) is 12.3 Å². The third-order valence-corrected chi connectivity index (χ3v) is 5.29. The molecule has 14 heavy (non-hydrogen) atoms. The molecule has 0 aromatic rings. The summed E-state index contributed by atoms with van der Waals surface area (Å²) in [4.78, 5) is 0. The summed E-state index contributed by atoms with van der Waals surface area (Å²) in [5, 5.41) is 0. The lowest BCUT2D eigenvalue weighted by atomic mass is 9.88. The molecule has 2 N–H and O–H groups in total. The van der Waals surface area contributed by atoms with Crippen molar-refractivity contribution < 1.29 is 17.2 Å². The highest BCUT2D eigenvalue weighted by atomic mass is 32.2. The molecule has 1 saturated carbocycles. The van der Waals surface area contributed by atoms with Crippen molar-refractivity contribution in [2.24, 2.45) is 17.1 Å². The Morgan fingerprint density at radius 2 is 2.00 bits per heavy atom. The average Bonchev–Trinajstić information content (AvgIpc) is 2.43. The van der Waals surface area contributed by atoms with Gasteiger partial charge in [-0.25, -0.2) is 17.2 Å². The summed E-state index contributed by atoms with van der Waals surface area (Å²) in [5.41, 5.74) is 4.13. The van der Waals surface area contributed by atoms with Gasteiger partial charge >= 0.3 is 0 Å². The quantitative estimate of drug-likeness (QED) is 0.740. The van der Waals surface area contributed by atoms with Crippen LogP contribution >= 0.6 is 0 Å². The molecule has 82 valence electrons. The molecule has 0 aromatic carbocycles. The summed E-state index contributed by atoms with van der Waals surface area (Å²) >= 11 is 0. The van der Waals surface area contributed by atoms with Crippen LogP contribution < -0.4 is 5.73 Å². The summed E-state index contributed by atoms with van der Waals surface area (Å²) in [5.74, 6) is -3.26. The number of rotatable bonds is 2. The van der Waals surface area contributed by atoms with Gasteiger partial charge in [0, 0.05) is 13.0 Å². The summed E-state index contributed by atoms with van der Waals surface area (Å²) < 4.78 is 48.5. The molecule has 1 heterocycles. The predicted molar refractivity (Wildman–Crippen MR) is 47.8 cm³/mol. The van der Waals surface area contributed by atoms with Crippen molar-refractivity contribution in [1.29, 1.82) is 0 Å². The van der Waals surface area contributed by atoms with Gasteiger partial charge in [-0.1, -0.05) is 0 Å². The second-order valence-corrected chi connectivity index (χ2v) is 6.57. The molecule has 2 aliphatic rings. The van der Waals surface area contributed by atoms with Crippen molar-refractivity contribution in [3.63, 3.8) is 0 Å². The van der Waals surface area contributed by atoms with Gasteiger partial charge in [0.05, 0.1) is 16.9 Å². The first kappa shape index (κ1) is 10.3. The van der Waals surface area contributed by atoms with Gasteiger partial charge in [0.1, 0.15) is 0 Å². The molecule has 0 bridgehead atoms. The summed E-state index contributed by atoms with van der Waals surface area (Å²) in [6.45, 7) is -0.111. The van der Waals surface area contributed by atoms with Crippen LogP contribution in [0, 0.1) is 11.3 Å². The standard InChI is InChI=1S/C8H13F2NO2S/c9-8(10)4-7(8,5-11)6-1-2-14(12,13)3-6/h6H,1-5,11H2. The van der Waals surface area contributed by atoms with E-state index in [2.05, 4.69) is 0 Å². The van der Waals surface area contributed by atoms with Gasteiger partial charge in [-0.3, -0.25) is 0 Å². The Labute approximate surface area is 81.6 Å². The first-order valence-electron chi connectivity index (χ1n) is 4.61. The Kier molecular flexibility index (Phi) is 1.96. The molecule has 2 unspecified atom stereocenters. The van der Waals surface area contributed by atoms with Crippen LogP contribution in [0.1, 0.15) is 12.8 Å². The fourth-order valence-electron chi connectivity index (χ4n) is 2.41. The molecule has 2 fully saturated rings. The SMILES string of the molecule is NCC1(C2CCS(=O)(=O)C2)CC1(F)F. The minimum atomic E-state index is -3.09. The minimum Gasteiger partial charge on any atom is -0.330 e. The Bertz CT molecular complexity index is 354. The normalized spacial score (nSPS) is 43.8. The Hall–Kier alpha value is -0.230. The van der Waals surface area contributed by atoms with Crippen LogP contribution in [0.3, 0.4) is 0 Å². The van der Waals surface area contributed by atoms with E-state index >= 15 is 0 Å². The largest absolute Gasteiger partial charge is 0.330 e. The van der Waals surface area contributed by atoms with Gasteiger partial charge < -0.3 is 5.73 Å². The number of hydrogen-bond donors (Lipinski definition) is 1. The molecule has 1 aliphatic heterocycles. The summed E-state index contributed by atoms with van der Waals surface area (Å²) in [6, 6.07) is 0. The smallest absolute Gasteiger partial charge is 0.256 e. The van der Waals surface area contributed by atoms with Gasteiger partial charge in [0.25, 0.3) is 5.92 Å². The number of sulfone groups is 1. The van der Waals surface area contributed by atoms with Crippen molar-refractivity contribution in [2.45, 2.75) is 18.8 Å². The maximum atomic E-state index is 13.1. The second-order valence-electron chi connectivity index (χ2n) is 4.34. The van der Waals surface area contributed by atoms with E-state index in [-0.39, 0.29) is 24.5 Å². The lowest BCUT2D eigenvalue weighted by Crippen LogP contribution is -2.31. The molecule has 2 rings (SSSR count). The Morgan fingerprint density at radius 1 is 1.43 bits per heavy atom. The third-order valence-electron chi connectivity index (χ3n) is 3.52. The average molecular weight is 225 g/mol. The monoisotopic (exact) mass is 225 g/mol. The molecule has 2 atom stereocenters. The van der Waals surface area contributed by atoms with E-state index < -0.39 is 27.1 Å².